The molecule has 2 N–H and O–H groups in total. The molecule has 0 radical (unpaired) electrons. The Balaban J connectivity index is 1.85. The van der Waals surface area contributed by atoms with Crippen molar-refractivity contribution >= 4 is 23.9 Å². The first-order chi connectivity index (χ1) is 11.1. The van der Waals surface area contributed by atoms with Crippen LogP contribution in [0.2, 0.25) is 0 Å². The summed E-state index contributed by atoms with van der Waals surface area (Å²) < 4.78 is 5.01. The number of hydrogen-bond donors (Lipinski definition) is 2. The van der Waals surface area contributed by atoms with Crippen molar-refractivity contribution in [2.24, 2.45) is 5.10 Å². The molecule has 0 spiro atoms. The molecule has 0 saturated heterocycles. The van der Waals surface area contributed by atoms with E-state index in [9.17, 15) is 9.90 Å². The smallest absolute Gasteiger partial charge is 0.250 e. The highest BCUT2D eigenvalue weighted by atomic mass is 32.2. The molecular formula is C17H18N2O3S. The summed E-state index contributed by atoms with van der Waals surface area (Å²) in [5, 5.41) is 13.4. The van der Waals surface area contributed by atoms with Crippen LogP contribution in [0.4, 0.5) is 0 Å². The molecule has 6 heteroatoms. The highest BCUT2D eigenvalue weighted by Gasteiger charge is 2.04. The van der Waals surface area contributed by atoms with Gasteiger partial charge in [-0.1, -0.05) is 18.2 Å². The lowest BCUT2D eigenvalue weighted by atomic mass is 10.2. The summed E-state index contributed by atoms with van der Waals surface area (Å²) in [6, 6.07) is 12.7. The van der Waals surface area contributed by atoms with Crippen LogP contribution in [0.3, 0.4) is 0 Å². The Labute approximate surface area is 139 Å². The van der Waals surface area contributed by atoms with E-state index in [0.717, 1.165) is 10.5 Å². The number of phenolic OH excluding ortho intramolecular Hbond substituents is 1. The summed E-state index contributed by atoms with van der Waals surface area (Å²) in [5.74, 6) is 0.528. The van der Waals surface area contributed by atoms with Crippen LogP contribution in [0.25, 0.3) is 0 Å². The summed E-state index contributed by atoms with van der Waals surface area (Å²) in [7, 11) is 1.47. The van der Waals surface area contributed by atoms with Gasteiger partial charge in [-0.3, -0.25) is 4.79 Å². The van der Waals surface area contributed by atoms with E-state index >= 15 is 0 Å². The minimum atomic E-state index is -0.180. The Morgan fingerprint density at radius 2 is 2.13 bits per heavy atom. The van der Waals surface area contributed by atoms with Gasteiger partial charge in [0.05, 0.1) is 19.1 Å². The number of aromatic hydroxyl groups is 1. The van der Waals surface area contributed by atoms with Crippen molar-refractivity contribution < 1.29 is 14.6 Å². The van der Waals surface area contributed by atoms with Crippen LogP contribution in [-0.4, -0.2) is 30.1 Å². The van der Waals surface area contributed by atoms with Gasteiger partial charge in [0.1, 0.15) is 0 Å². The Kier molecular flexibility index (Phi) is 6.05. The van der Waals surface area contributed by atoms with Gasteiger partial charge in [-0.25, -0.2) is 5.43 Å². The van der Waals surface area contributed by atoms with Gasteiger partial charge >= 0.3 is 0 Å². The summed E-state index contributed by atoms with van der Waals surface area (Å²) >= 11 is 1.47. The normalized spacial score (nSPS) is 10.7. The highest BCUT2D eigenvalue weighted by Crippen LogP contribution is 2.25. The number of hydrogen-bond acceptors (Lipinski definition) is 5. The zero-order valence-corrected chi connectivity index (χ0v) is 13.8. The van der Waals surface area contributed by atoms with Crippen molar-refractivity contribution in [3.63, 3.8) is 0 Å². The molecule has 2 aromatic carbocycles. The van der Waals surface area contributed by atoms with Gasteiger partial charge in [-0.15, -0.1) is 11.8 Å². The lowest BCUT2D eigenvalue weighted by Crippen LogP contribution is -2.19. The molecule has 0 aromatic heterocycles. The molecular weight excluding hydrogens is 312 g/mol. The number of phenols is 1. The van der Waals surface area contributed by atoms with E-state index < -0.39 is 0 Å². The average Bonchev–Trinajstić information content (AvgIpc) is 2.55. The molecule has 1 amide bonds. The zero-order valence-electron chi connectivity index (χ0n) is 12.9. The van der Waals surface area contributed by atoms with Gasteiger partial charge in [0.25, 0.3) is 0 Å². The lowest BCUT2D eigenvalue weighted by Gasteiger charge is -2.04. The number of methoxy groups -OCH3 is 1. The van der Waals surface area contributed by atoms with Crippen molar-refractivity contribution in [1.29, 1.82) is 0 Å². The number of aryl methyl sites for hydroxylation is 1. The summed E-state index contributed by atoms with van der Waals surface area (Å²) in [6.07, 6.45) is 1.50. The fraction of sp³-hybridized carbons (Fsp3) is 0.176. The number of thioether (sulfide) groups is 1. The molecule has 0 heterocycles. The second-order valence-corrected chi connectivity index (χ2v) is 5.80. The van der Waals surface area contributed by atoms with Crippen molar-refractivity contribution in [2.75, 3.05) is 12.9 Å². The molecule has 0 fully saturated rings. The van der Waals surface area contributed by atoms with Crippen molar-refractivity contribution in [3.05, 3.63) is 53.6 Å². The van der Waals surface area contributed by atoms with E-state index in [4.69, 9.17) is 4.74 Å². The van der Waals surface area contributed by atoms with E-state index in [1.807, 2.05) is 31.2 Å². The number of carbonyl (C=O) groups excluding carboxylic acids is 1. The van der Waals surface area contributed by atoms with E-state index in [1.165, 1.54) is 31.2 Å². The Bertz CT molecular complexity index is 717. The van der Waals surface area contributed by atoms with Crippen LogP contribution in [0.1, 0.15) is 11.1 Å². The molecule has 0 aliphatic heterocycles. The number of carbonyl (C=O) groups is 1. The van der Waals surface area contributed by atoms with E-state index in [1.54, 1.807) is 12.1 Å². The number of nitrogens with zero attached hydrogens (tertiary/aromatic N) is 1. The number of nitrogens with one attached hydrogen (secondary N) is 1. The molecule has 23 heavy (non-hydrogen) atoms. The summed E-state index contributed by atoms with van der Waals surface area (Å²) in [4.78, 5) is 12.9. The molecule has 2 aromatic rings. The van der Waals surface area contributed by atoms with Gasteiger partial charge in [-0.05, 0) is 42.3 Å². The molecule has 0 aliphatic carbocycles. The summed E-state index contributed by atoms with van der Waals surface area (Å²) in [5.41, 5.74) is 4.34. The third kappa shape index (κ3) is 5.03. The molecule has 2 rings (SSSR count). The third-order valence-electron chi connectivity index (χ3n) is 3.06. The maximum absolute atomic E-state index is 11.8. The predicted molar refractivity (Wildman–Crippen MR) is 92.3 cm³/mol. The van der Waals surface area contributed by atoms with Gasteiger partial charge in [-0.2, -0.15) is 5.10 Å². The topological polar surface area (TPSA) is 70.9 Å². The van der Waals surface area contributed by atoms with Crippen LogP contribution < -0.4 is 10.2 Å². The van der Waals surface area contributed by atoms with E-state index in [2.05, 4.69) is 10.5 Å². The number of amides is 1. The largest absolute Gasteiger partial charge is 0.504 e. The van der Waals surface area contributed by atoms with Crippen molar-refractivity contribution in [1.82, 2.24) is 5.43 Å². The standard InChI is InChI=1S/C17H18N2O3S/c1-12-5-3-4-6-16(12)23-11-17(21)19-18-10-13-7-8-14(20)15(9-13)22-2/h3-10,20H,11H2,1-2H3,(H,19,21). The second kappa shape index (κ2) is 8.24. The molecule has 0 bridgehead atoms. The second-order valence-electron chi connectivity index (χ2n) is 4.78. The van der Waals surface area contributed by atoms with Crippen molar-refractivity contribution in [2.45, 2.75) is 11.8 Å². The number of benzene rings is 2. The van der Waals surface area contributed by atoms with Gasteiger partial charge in [0, 0.05) is 4.90 Å². The predicted octanol–water partition coefficient (Wildman–Crippen LogP) is 2.95. The summed E-state index contributed by atoms with van der Waals surface area (Å²) in [6.45, 7) is 2.01. The first kappa shape index (κ1) is 16.9. The maximum Gasteiger partial charge on any atom is 0.250 e. The molecule has 0 saturated carbocycles. The van der Waals surface area contributed by atoms with E-state index in [-0.39, 0.29) is 11.7 Å². The Hall–Kier alpha value is -2.47. The molecule has 0 aliphatic rings. The monoisotopic (exact) mass is 330 g/mol. The SMILES string of the molecule is COc1cc(C=NNC(=O)CSc2ccccc2C)ccc1O. The molecule has 0 atom stereocenters. The first-order valence-corrected chi connectivity index (χ1v) is 7.96. The van der Waals surface area contributed by atoms with E-state index in [0.29, 0.717) is 17.1 Å². The van der Waals surface area contributed by atoms with Crippen LogP contribution in [0.15, 0.2) is 52.5 Å². The van der Waals surface area contributed by atoms with Gasteiger partial charge < -0.3 is 9.84 Å². The van der Waals surface area contributed by atoms with Crippen LogP contribution in [0, 0.1) is 6.92 Å². The fourth-order valence-corrected chi connectivity index (χ4v) is 2.67. The number of ether oxygens (including phenoxy) is 1. The first-order valence-electron chi connectivity index (χ1n) is 6.97. The number of rotatable bonds is 6. The molecule has 5 nitrogen and oxygen atoms in total. The fourth-order valence-electron chi connectivity index (χ4n) is 1.85. The van der Waals surface area contributed by atoms with Crippen molar-refractivity contribution in [3.8, 4) is 11.5 Å². The van der Waals surface area contributed by atoms with Gasteiger partial charge in [0.15, 0.2) is 11.5 Å². The molecule has 120 valence electrons. The minimum absolute atomic E-state index is 0.0586. The highest BCUT2D eigenvalue weighted by molar-refractivity contribution is 8.00. The zero-order chi connectivity index (χ0) is 16.7. The van der Waals surface area contributed by atoms with Crippen LogP contribution >= 0.6 is 11.8 Å². The molecule has 0 unspecified atom stereocenters. The lowest BCUT2D eigenvalue weighted by molar-refractivity contribution is -0.118. The third-order valence-corrected chi connectivity index (χ3v) is 4.23. The van der Waals surface area contributed by atoms with Crippen LogP contribution in [-0.2, 0) is 4.79 Å². The quantitative estimate of drug-likeness (QED) is 0.485. The average molecular weight is 330 g/mol. The maximum atomic E-state index is 11.8. The van der Waals surface area contributed by atoms with Gasteiger partial charge in [0.2, 0.25) is 5.91 Å². The number of hydrazone groups is 1. The Morgan fingerprint density at radius 3 is 2.87 bits per heavy atom. The van der Waals surface area contributed by atoms with Crippen LogP contribution in [0.5, 0.6) is 11.5 Å². The Morgan fingerprint density at radius 1 is 1.35 bits per heavy atom. The minimum Gasteiger partial charge on any atom is -0.504 e.